The SMILES string of the molecule is CC(C)C(NS(=O)(=O)N(C)C)C(=O)NC(c1ccccc1)c1ccccc1. The van der Waals surface area contributed by atoms with Crippen molar-refractivity contribution < 1.29 is 13.2 Å². The molecule has 0 radical (unpaired) electrons. The van der Waals surface area contributed by atoms with Gasteiger partial charge in [-0.3, -0.25) is 4.79 Å². The highest BCUT2D eigenvalue weighted by Gasteiger charge is 2.30. The predicted octanol–water partition coefficient (Wildman–Crippen LogP) is 2.31. The Bertz CT molecular complexity index is 798. The quantitative estimate of drug-likeness (QED) is 0.727. The van der Waals surface area contributed by atoms with Crippen LogP contribution in [0, 0.1) is 5.92 Å². The highest BCUT2D eigenvalue weighted by Crippen LogP contribution is 2.22. The molecule has 6 nitrogen and oxygen atoms in total. The Balaban J connectivity index is 2.31. The molecule has 1 atom stereocenters. The lowest BCUT2D eigenvalue weighted by Gasteiger charge is -2.27. The Morgan fingerprint density at radius 2 is 1.33 bits per heavy atom. The van der Waals surface area contributed by atoms with Crippen molar-refractivity contribution in [1.29, 1.82) is 0 Å². The molecule has 0 bridgehead atoms. The zero-order valence-electron chi connectivity index (χ0n) is 16.1. The van der Waals surface area contributed by atoms with Gasteiger partial charge in [-0.25, -0.2) is 0 Å². The van der Waals surface area contributed by atoms with Crippen LogP contribution in [0.4, 0.5) is 0 Å². The predicted molar refractivity (Wildman–Crippen MR) is 107 cm³/mol. The number of benzene rings is 2. The highest BCUT2D eigenvalue weighted by atomic mass is 32.2. The van der Waals surface area contributed by atoms with Crippen molar-refractivity contribution in [2.45, 2.75) is 25.9 Å². The Morgan fingerprint density at radius 3 is 1.70 bits per heavy atom. The van der Waals surface area contributed by atoms with E-state index >= 15 is 0 Å². The number of nitrogens with one attached hydrogen (secondary N) is 2. The minimum absolute atomic E-state index is 0.216. The van der Waals surface area contributed by atoms with Crippen molar-refractivity contribution in [3.63, 3.8) is 0 Å². The third-order valence-electron chi connectivity index (χ3n) is 4.26. The highest BCUT2D eigenvalue weighted by molar-refractivity contribution is 7.87. The van der Waals surface area contributed by atoms with Gasteiger partial charge in [-0.1, -0.05) is 74.5 Å². The van der Waals surface area contributed by atoms with E-state index in [1.807, 2.05) is 74.5 Å². The summed E-state index contributed by atoms with van der Waals surface area (Å²) in [5, 5.41) is 3.01. The second-order valence-corrected chi connectivity index (χ2v) is 8.81. The molecule has 27 heavy (non-hydrogen) atoms. The van der Waals surface area contributed by atoms with Gasteiger partial charge in [0.05, 0.1) is 6.04 Å². The first-order valence-electron chi connectivity index (χ1n) is 8.82. The molecule has 0 fully saturated rings. The maximum atomic E-state index is 13.0. The Kier molecular flexibility index (Phi) is 7.12. The van der Waals surface area contributed by atoms with Gasteiger partial charge >= 0.3 is 0 Å². The number of hydrogen-bond acceptors (Lipinski definition) is 3. The Labute approximate surface area is 161 Å². The molecule has 1 unspecified atom stereocenters. The number of hydrogen-bond donors (Lipinski definition) is 2. The molecule has 2 aromatic rings. The van der Waals surface area contributed by atoms with Gasteiger partial charge in [0.2, 0.25) is 5.91 Å². The molecule has 2 rings (SSSR count). The van der Waals surface area contributed by atoms with Crippen LogP contribution in [0.3, 0.4) is 0 Å². The molecule has 2 aromatic carbocycles. The lowest BCUT2D eigenvalue weighted by atomic mass is 9.97. The van der Waals surface area contributed by atoms with Gasteiger partial charge in [0, 0.05) is 14.1 Å². The van der Waals surface area contributed by atoms with Crippen molar-refractivity contribution >= 4 is 16.1 Å². The first-order chi connectivity index (χ1) is 12.7. The summed E-state index contributed by atoms with van der Waals surface area (Å²) in [5.41, 5.74) is 1.85. The molecular weight excluding hydrogens is 362 g/mol. The van der Waals surface area contributed by atoms with E-state index in [4.69, 9.17) is 0 Å². The van der Waals surface area contributed by atoms with E-state index in [1.165, 1.54) is 14.1 Å². The molecule has 0 aromatic heterocycles. The van der Waals surface area contributed by atoms with E-state index in [0.717, 1.165) is 15.4 Å². The van der Waals surface area contributed by atoms with Crippen LogP contribution in [0.1, 0.15) is 31.0 Å². The van der Waals surface area contributed by atoms with Crippen molar-refractivity contribution in [3.05, 3.63) is 71.8 Å². The van der Waals surface area contributed by atoms with Gasteiger partial charge in [-0.05, 0) is 17.0 Å². The second kappa shape index (κ2) is 9.12. The third kappa shape index (κ3) is 5.63. The maximum Gasteiger partial charge on any atom is 0.279 e. The Hall–Kier alpha value is -2.22. The minimum atomic E-state index is -3.73. The monoisotopic (exact) mass is 389 g/mol. The molecule has 0 saturated carbocycles. The van der Waals surface area contributed by atoms with Crippen LogP contribution in [-0.2, 0) is 15.0 Å². The van der Waals surface area contributed by atoms with Crippen molar-refractivity contribution in [2.75, 3.05) is 14.1 Å². The molecular formula is C20H27N3O3S. The van der Waals surface area contributed by atoms with Crippen LogP contribution in [0.5, 0.6) is 0 Å². The summed E-state index contributed by atoms with van der Waals surface area (Å²) < 4.78 is 28.0. The van der Waals surface area contributed by atoms with Gasteiger partial charge in [0.1, 0.15) is 6.04 Å². The number of nitrogens with zero attached hydrogens (tertiary/aromatic N) is 1. The normalized spacial score (nSPS) is 13.1. The summed E-state index contributed by atoms with van der Waals surface area (Å²) in [7, 11) is -0.880. The summed E-state index contributed by atoms with van der Waals surface area (Å²) in [4.78, 5) is 13.0. The van der Waals surface area contributed by atoms with E-state index in [1.54, 1.807) is 0 Å². The summed E-state index contributed by atoms with van der Waals surface area (Å²) in [5.74, 6) is -0.583. The fourth-order valence-electron chi connectivity index (χ4n) is 2.64. The molecule has 146 valence electrons. The van der Waals surface area contributed by atoms with Crippen LogP contribution < -0.4 is 10.0 Å². The molecule has 0 aliphatic rings. The lowest BCUT2D eigenvalue weighted by molar-refractivity contribution is -0.124. The topological polar surface area (TPSA) is 78.5 Å². The van der Waals surface area contributed by atoms with Crippen LogP contribution in [0.2, 0.25) is 0 Å². The minimum Gasteiger partial charge on any atom is -0.344 e. The van der Waals surface area contributed by atoms with Gasteiger partial charge in [-0.2, -0.15) is 17.4 Å². The van der Waals surface area contributed by atoms with Gasteiger partial charge < -0.3 is 5.32 Å². The average Bonchev–Trinajstić information content (AvgIpc) is 2.65. The second-order valence-electron chi connectivity index (χ2n) is 6.89. The van der Waals surface area contributed by atoms with Crippen LogP contribution in [0.25, 0.3) is 0 Å². The van der Waals surface area contributed by atoms with Crippen LogP contribution in [-0.4, -0.2) is 38.8 Å². The van der Waals surface area contributed by atoms with E-state index in [0.29, 0.717) is 0 Å². The van der Waals surface area contributed by atoms with E-state index in [2.05, 4.69) is 10.0 Å². The molecule has 2 N–H and O–H groups in total. The third-order valence-corrected chi connectivity index (χ3v) is 5.77. The first kappa shape index (κ1) is 21.1. The molecule has 1 amide bonds. The number of rotatable bonds is 8. The molecule has 0 spiro atoms. The number of amides is 1. The molecule has 0 aliphatic heterocycles. The maximum absolute atomic E-state index is 13.0. The van der Waals surface area contributed by atoms with Gasteiger partial charge in [0.15, 0.2) is 0 Å². The molecule has 0 saturated heterocycles. The summed E-state index contributed by atoms with van der Waals surface area (Å²) >= 11 is 0. The van der Waals surface area contributed by atoms with Gasteiger partial charge in [0.25, 0.3) is 10.2 Å². The van der Waals surface area contributed by atoms with E-state index in [-0.39, 0.29) is 17.9 Å². The smallest absolute Gasteiger partial charge is 0.279 e. The molecule has 0 aliphatic carbocycles. The van der Waals surface area contributed by atoms with E-state index in [9.17, 15) is 13.2 Å². The van der Waals surface area contributed by atoms with Gasteiger partial charge in [-0.15, -0.1) is 0 Å². The Morgan fingerprint density at radius 1 is 0.889 bits per heavy atom. The largest absolute Gasteiger partial charge is 0.344 e. The van der Waals surface area contributed by atoms with Crippen molar-refractivity contribution in [1.82, 2.24) is 14.3 Å². The fraction of sp³-hybridized carbons (Fsp3) is 0.350. The van der Waals surface area contributed by atoms with Crippen molar-refractivity contribution in [3.8, 4) is 0 Å². The number of carbonyl (C=O) groups excluding carboxylic acids is 1. The zero-order chi connectivity index (χ0) is 20.0. The molecule has 0 heterocycles. The summed E-state index contributed by atoms with van der Waals surface area (Å²) in [6.07, 6.45) is 0. The first-order valence-corrected chi connectivity index (χ1v) is 10.3. The summed E-state index contributed by atoms with van der Waals surface area (Å²) in [6.45, 7) is 3.62. The van der Waals surface area contributed by atoms with Crippen molar-refractivity contribution in [2.24, 2.45) is 5.92 Å². The average molecular weight is 390 g/mol. The van der Waals surface area contributed by atoms with Crippen LogP contribution >= 0.6 is 0 Å². The molecule has 7 heteroatoms. The standard InChI is InChI=1S/C20H27N3O3S/c1-15(2)18(22-27(25,26)23(3)4)20(24)21-19(16-11-7-5-8-12-16)17-13-9-6-10-14-17/h5-15,18-19,22H,1-4H3,(H,21,24). The summed E-state index contributed by atoms with van der Waals surface area (Å²) in [6, 6.07) is 18.0. The zero-order valence-corrected chi connectivity index (χ0v) is 16.9. The fourth-order valence-corrected chi connectivity index (χ4v) is 3.55. The van der Waals surface area contributed by atoms with Crippen LogP contribution in [0.15, 0.2) is 60.7 Å². The van der Waals surface area contributed by atoms with E-state index < -0.39 is 16.3 Å². The number of carbonyl (C=O) groups is 1. The lowest BCUT2D eigenvalue weighted by Crippen LogP contribution is -2.53.